The number of thiophene rings is 1. The normalized spacial score (nSPS) is 11.0. The van der Waals surface area contributed by atoms with Crippen LogP contribution < -0.4 is 11.2 Å². The van der Waals surface area contributed by atoms with E-state index in [9.17, 15) is 14.4 Å². The second kappa shape index (κ2) is 7.25. The van der Waals surface area contributed by atoms with Crippen LogP contribution in [-0.2, 0) is 17.9 Å². The molecule has 0 saturated heterocycles. The second-order valence-electron chi connectivity index (χ2n) is 5.57. The van der Waals surface area contributed by atoms with Crippen molar-refractivity contribution in [1.82, 2.24) is 19.7 Å². The Labute approximate surface area is 159 Å². The van der Waals surface area contributed by atoms with Crippen LogP contribution in [0.25, 0.3) is 10.2 Å². The zero-order chi connectivity index (χ0) is 18.8. The van der Waals surface area contributed by atoms with Crippen LogP contribution in [0.4, 0.5) is 0 Å². The molecule has 4 aromatic rings. The summed E-state index contributed by atoms with van der Waals surface area (Å²) in [6.45, 7) is 0.157. The van der Waals surface area contributed by atoms with E-state index in [1.165, 1.54) is 22.9 Å². The van der Waals surface area contributed by atoms with Crippen molar-refractivity contribution >= 4 is 38.9 Å². The molecule has 0 radical (unpaired) electrons. The van der Waals surface area contributed by atoms with Crippen molar-refractivity contribution in [3.8, 4) is 0 Å². The molecule has 8 nitrogen and oxygen atoms in total. The van der Waals surface area contributed by atoms with Gasteiger partial charge in [0.2, 0.25) is 0 Å². The van der Waals surface area contributed by atoms with Crippen LogP contribution in [0.5, 0.6) is 0 Å². The number of aromatic nitrogens is 4. The summed E-state index contributed by atoms with van der Waals surface area (Å²) in [6.07, 6.45) is 0. The average molecular weight is 400 g/mol. The summed E-state index contributed by atoms with van der Waals surface area (Å²) in [5.74, 6) is -0.545. The Balaban J connectivity index is 1.62. The smallest absolute Gasteiger partial charge is 0.348 e. The topological polar surface area (TPSA) is 107 Å². The van der Waals surface area contributed by atoms with E-state index in [-0.39, 0.29) is 23.4 Å². The Morgan fingerprint density at radius 3 is 2.78 bits per heavy atom. The van der Waals surface area contributed by atoms with E-state index in [0.717, 1.165) is 21.5 Å². The Kier molecular flexibility index (Phi) is 4.65. The number of fused-ring (bicyclic) bond motifs is 1. The van der Waals surface area contributed by atoms with Gasteiger partial charge in [-0.25, -0.2) is 9.59 Å². The molecule has 0 amide bonds. The van der Waals surface area contributed by atoms with Crippen LogP contribution in [0.2, 0.25) is 0 Å². The Morgan fingerprint density at radius 1 is 1.22 bits per heavy atom. The third-order valence-electron chi connectivity index (χ3n) is 3.79. The summed E-state index contributed by atoms with van der Waals surface area (Å²) < 4.78 is 6.32. The highest BCUT2D eigenvalue weighted by atomic mass is 32.1. The van der Waals surface area contributed by atoms with E-state index in [2.05, 4.69) is 15.2 Å². The molecule has 3 heterocycles. The maximum absolute atomic E-state index is 12.6. The van der Waals surface area contributed by atoms with Crippen LogP contribution in [0, 0.1) is 0 Å². The van der Waals surface area contributed by atoms with Crippen molar-refractivity contribution in [1.29, 1.82) is 0 Å². The number of esters is 1. The van der Waals surface area contributed by atoms with Gasteiger partial charge in [-0.2, -0.15) is 0 Å². The molecule has 0 atom stereocenters. The highest BCUT2D eigenvalue weighted by Gasteiger charge is 2.17. The van der Waals surface area contributed by atoms with Gasteiger partial charge >= 0.3 is 11.7 Å². The number of ether oxygens (including phenoxy) is 1. The van der Waals surface area contributed by atoms with Crippen LogP contribution in [-0.4, -0.2) is 25.7 Å². The van der Waals surface area contributed by atoms with Crippen molar-refractivity contribution in [3.63, 3.8) is 0 Å². The number of hydrogen-bond donors (Lipinski definition) is 1. The zero-order valence-electron chi connectivity index (χ0n) is 13.7. The molecule has 10 heteroatoms. The molecule has 3 aromatic heterocycles. The minimum absolute atomic E-state index is 0.0262. The molecule has 136 valence electrons. The molecule has 0 saturated carbocycles. The van der Waals surface area contributed by atoms with Crippen LogP contribution >= 0.6 is 22.7 Å². The monoisotopic (exact) mass is 400 g/mol. The quantitative estimate of drug-likeness (QED) is 0.514. The van der Waals surface area contributed by atoms with Gasteiger partial charge in [0.1, 0.15) is 26.8 Å². The van der Waals surface area contributed by atoms with E-state index in [1.807, 2.05) is 30.3 Å². The van der Waals surface area contributed by atoms with Gasteiger partial charge in [-0.3, -0.25) is 14.3 Å². The van der Waals surface area contributed by atoms with Crippen LogP contribution in [0.15, 0.2) is 51.5 Å². The van der Waals surface area contributed by atoms with Crippen LogP contribution in [0.3, 0.4) is 0 Å². The first-order valence-electron chi connectivity index (χ1n) is 7.84. The lowest BCUT2D eigenvalue weighted by atomic mass is 10.2. The molecule has 0 aliphatic rings. The van der Waals surface area contributed by atoms with Crippen molar-refractivity contribution in [2.45, 2.75) is 13.2 Å². The van der Waals surface area contributed by atoms with Gasteiger partial charge in [0, 0.05) is 0 Å². The Hall–Kier alpha value is -3.11. The molecule has 1 N–H and O–H groups in total. The summed E-state index contributed by atoms with van der Waals surface area (Å²) in [4.78, 5) is 40.4. The molecule has 0 spiro atoms. The molecular weight excluding hydrogens is 388 g/mol. The van der Waals surface area contributed by atoms with Gasteiger partial charge in [-0.05, 0) is 11.6 Å². The van der Waals surface area contributed by atoms with Gasteiger partial charge in [-0.1, -0.05) is 30.3 Å². The number of hydrogen-bond acceptors (Lipinski definition) is 8. The minimum Gasteiger partial charge on any atom is -0.457 e. The van der Waals surface area contributed by atoms with Gasteiger partial charge in [0.05, 0.1) is 11.9 Å². The van der Waals surface area contributed by atoms with E-state index >= 15 is 0 Å². The molecule has 0 fully saturated rings. The molecule has 27 heavy (non-hydrogen) atoms. The summed E-state index contributed by atoms with van der Waals surface area (Å²) in [7, 11) is 0. The molecule has 0 aliphatic heterocycles. The third kappa shape index (κ3) is 3.57. The standard InChI is InChI=1S/C17H12N4O4S2/c22-15-11-6-12(16(23)25-8-10-4-2-1-3-5-10)27-14(11)19-17(24)21(15)7-13-20-18-9-26-13/h1-6,9H,7-8H2,(H,19,24). The fraction of sp³-hybridized carbons (Fsp3) is 0.118. The maximum atomic E-state index is 12.6. The van der Waals surface area contributed by atoms with Gasteiger partial charge in [-0.15, -0.1) is 32.9 Å². The zero-order valence-corrected chi connectivity index (χ0v) is 15.4. The van der Waals surface area contributed by atoms with Crippen LogP contribution in [0.1, 0.15) is 20.2 Å². The lowest BCUT2D eigenvalue weighted by molar-refractivity contribution is 0.0478. The summed E-state index contributed by atoms with van der Waals surface area (Å²) in [5, 5.41) is 8.34. The number of nitrogens with zero attached hydrogens (tertiary/aromatic N) is 3. The number of rotatable bonds is 5. The lowest BCUT2D eigenvalue weighted by Gasteiger charge is -2.02. The molecule has 4 rings (SSSR count). The molecule has 0 unspecified atom stereocenters. The van der Waals surface area contributed by atoms with Crippen molar-refractivity contribution in [3.05, 3.63) is 78.2 Å². The van der Waals surface area contributed by atoms with E-state index in [0.29, 0.717) is 9.84 Å². The SMILES string of the molecule is O=C(OCc1ccccc1)c1cc2c(=O)n(Cc3nncs3)c(=O)[nH]c2s1. The lowest BCUT2D eigenvalue weighted by Crippen LogP contribution is -2.34. The van der Waals surface area contributed by atoms with Gasteiger partial charge in [0.15, 0.2) is 0 Å². The molecular formula is C17H12N4O4S2. The van der Waals surface area contributed by atoms with E-state index in [1.54, 1.807) is 0 Å². The Bertz CT molecular complexity index is 1210. The number of benzene rings is 1. The number of carbonyl (C=O) groups is 1. The van der Waals surface area contributed by atoms with Gasteiger partial charge < -0.3 is 4.74 Å². The highest BCUT2D eigenvalue weighted by molar-refractivity contribution is 7.20. The number of nitrogens with one attached hydrogen (secondary N) is 1. The molecule has 0 aliphatic carbocycles. The van der Waals surface area contributed by atoms with Crippen molar-refractivity contribution in [2.75, 3.05) is 0 Å². The minimum atomic E-state index is -0.561. The fourth-order valence-electron chi connectivity index (χ4n) is 2.48. The summed E-state index contributed by atoms with van der Waals surface area (Å²) in [6, 6.07) is 10.7. The highest BCUT2D eigenvalue weighted by Crippen LogP contribution is 2.21. The first-order chi connectivity index (χ1) is 13.1. The maximum Gasteiger partial charge on any atom is 0.348 e. The third-order valence-corrected chi connectivity index (χ3v) is 5.50. The van der Waals surface area contributed by atoms with Crippen molar-refractivity contribution in [2.24, 2.45) is 0 Å². The predicted molar refractivity (Wildman–Crippen MR) is 101 cm³/mol. The summed E-state index contributed by atoms with van der Waals surface area (Å²) in [5.41, 5.74) is 1.34. The summed E-state index contributed by atoms with van der Waals surface area (Å²) >= 11 is 2.27. The first kappa shape index (κ1) is 17.3. The second-order valence-corrected chi connectivity index (χ2v) is 7.54. The van der Waals surface area contributed by atoms with Gasteiger partial charge in [0.25, 0.3) is 5.56 Å². The van der Waals surface area contributed by atoms with E-state index < -0.39 is 17.2 Å². The number of H-pyrrole nitrogens is 1. The largest absolute Gasteiger partial charge is 0.457 e. The first-order valence-corrected chi connectivity index (χ1v) is 9.54. The average Bonchev–Trinajstić information content (AvgIpc) is 3.34. The molecule has 1 aromatic carbocycles. The predicted octanol–water partition coefficient (Wildman–Crippen LogP) is 2.01. The number of aromatic amines is 1. The number of carbonyl (C=O) groups excluding carboxylic acids is 1. The van der Waals surface area contributed by atoms with Crippen molar-refractivity contribution < 1.29 is 9.53 Å². The fourth-order valence-corrected chi connectivity index (χ4v) is 3.93. The van der Waals surface area contributed by atoms with E-state index in [4.69, 9.17) is 4.74 Å². The molecule has 0 bridgehead atoms. The Morgan fingerprint density at radius 2 is 2.04 bits per heavy atom.